The van der Waals surface area contributed by atoms with Gasteiger partial charge >= 0.3 is 0 Å². The number of nitrogens with zero attached hydrogens (tertiary/aromatic N) is 1. The van der Waals surface area contributed by atoms with E-state index in [9.17, 15) is 18.5 Å². The number of rotatable bonds is 5. The Morgan fingerprint density at radius 2 is 1.79 bits per heavy atom. The van der Waals surface area contributed by atoms with Crippen LogP contribution in [0.1, 0.15) is 0 Å². The largest absolute Gasteiger partial charge is 0.497 e. The second-order valence-corrected chi connectivity index (χ2v) is 7.81. The van der Waals surface area contributed by atoms with Crippen molar-refractivity contribution in [2.45, 2.75) is 4.90 Å². The number of methoxy groups -OCH3 is 1. The van der Waals surface area contributed by atoms with Gasteiger partial charge in [0, 0.05) is 17.8 Å². The fourth-order valence-corrected chi connectivity index (χ4v) is 3.96. The number of ether oxygens (including phenoxy) is 2. The van der Waals surface area contributed by atoms with Gasteiger partial charge in [-0.3, -0.25) is 14.8 Å². The molecule has 0 spiro atoms. The van der Waals surface area contributed by atoms with Crippen molar-refractivity contribution in [3.8, 4) is 17.2 Å². The van der Waals surface area contributed by atoms with Crippen molar-refractivity contribution >= 4 is 32.8 Å². The molecule has 1 heterocycles. The van der Waals surface area contributed by atoms with Crippen molar-refractivity contribution in [2.75, 3.05) is 17.1 Å². The Bertz CT molecular complexity index is 1210. The molecule has 9 nitrogen and oxygen atoms in total. The van der Waals surface area contributed by atoms with Crippen molar-refractivity contribution in [1.82, 2.24) is 0 Å². The summed E-state index contributed by atoms with van der Waals surface area (Å²) < 4.78 is 38.8. The standard InChI is InChI=1S/C19H15N3O6S/c1-27-13-8-6-12(7-9-13)21-29(25,26)14-10-16(22(23)24)19-18(11-14)28-17-5-3-2-4-15(17)20-19/h2-11,20-21H,1H3. The second kappa shape index (κ2) is 6.99. The topological polar surface area (TPSA) is 120 Å². The van der Waals surface area contributed by atoms with Crippen LogP contribution in [0.25, 0.3) is 0 Å². The smallest absolute Gasteiger partial charge is 0.297 e. The molecule has 148 valence electrons. The molecule has 29 heavy (non-hydrogen) atoms. The van der Waals surface area contributed by atoms with Crippen molar-refractivity contribution in [3.05, 3.63) is 70.8 Å². The van der Waals surface area contributed by atoms with E-state index in [1.54, 1.807) is 36.4 Å². The Hall–Kier alpha value is -3.79. The van der Waals surface area contributed by atoms with Gasteiger partial charge < -0.3 is 14.8 Å². The van der Waals surface area contributed by atoms with Gasteiger partial charge in [-0.05, 0) is 36.4 Å². The van der Waals surface area contributed by atoms with Crippen LogP contribution in [0.4, 0.5) is 22.7 Å². The molecule has 2 N–H and O–H groups in total. The highest BCUT2D eigenvalue weighted by Crippen LogP contribution is 2.47. The van der Waals surface area contributed by atoms with E-state index in [-0.39, 0.29) is 22.0 Å². The van der Waals surface area contributed by atoms with Crippen LogP contribution in [0.2, 0.25) is 0 Å². The average Bonchev–Trinajstić information content (AvgIpc) is 2.71. The summed E-state index contributed by atoms with van der Waals surface area (Å²) in [6, 6.07) is 15.4. The summed E-state index contributed by atoms with van der Waals surface area (Å²) in [5.41, 5.74) is 0.523. The molecular formula is C19H15N3O6S. The van der Waals surface area contributed by atoms with Gasteiger partial charge in [-0.2, -0.15) is 0 Å². The van der Waals surface area contributed by atoms with Gasteiger partial charge in [0.05, 0.1) is 22.6 Å². The van der Waals surface area contributed by atoms with E-state index in [2.05, 4.69) is 10.0 Å². The molecule has 3 aromatic carbocycles. The number of nitro benzene ring substituents is 1. The van der Waals surface area contributed by atoms with Crippen molar-refractivity contribution in [1.29, 1.82) is 0 Å². The van der Waals surface area contributed by atoms with Crippen LogP contribution < -0.4 is 19.5 Å². The second-order valence-electron chi connectivity index (χ2n) is 6.13. The highest BCUT2D eigenvalue weighted by atomic mass is 32.2. The van der Waals surface area contributed by atoms with Gasteiger partial charge in [0.25, 0.3) is 15.7 Å². The van der Waals surface area contributed by atoms with Crippen LogP contribution in [-0.2, 0) is 10.0 Å². The third kappa shape index (κ3) is 3.52. The zero-order chi connectivity index (χ0) is 20.6. The minimum Gasteiger partial charge on any atom is -0.497 e. The third-order valence-corrected chi connectivity index (χ3v) is 5.63. The van der Waals surface area contributed by atoms with Crippen molar-refractivity contribution < 1.29 is 22.8 Å². The number of anilines is 3. The molecule has 1 aliphatic heterocycles. The lowest BCUT2D eigenvalue weighted by Gasteiger charge is -2.22. The predicted molar refractivity (Wildman–Crippen MR) is 107 cm³/mol. The summed E-state index contributed by atoms with van der Waals surface area (Å²) in [5, 5.41) is 14.5. The normalized spacial score (nSPS) is 12.0. The minimum atomic E-state index is -4.10. The Morgan fingerprint density at radius 3 is 2.48 bits per heavy atom. The summed E-state index contributed by atoms with van der Waals surface area (Å²) in [4.78, 5) is 10.6. The van der Waals surface area contributed by atoms with E-state index >= 15 is 0 Å². The van der Waals surface area contributed by atoms with Gasteiger partial charge in [-0.15, -0.1) is 0 Å². The van der Waals surface area contributed by atoms with Gasteiger partial charge in [-0.1, -0.05) is 12.1 Å². The molecule has 0 fully saturated rings. The van der Waals surface area contributed by atoms with Crippen LogP contribution in [0, 0.1) is 10.1 Å². The van der Waals surface area contributed by atoms with Crippen LogP contribution >= 0.6 is 0 Å². The number of sulfonamides is 1. The maximum Gasteiger partial charge on any atom is 0.297 e. The summed E-state index contributed by atoms with van der Waals surface area (Å²) in [6.07, 6.45) is 0. The molecule has 0 unspecified atom stereocenters. The lowest BCUT2D eigenvalue weighted by atomic mass is 10.2. The molecule has 0 amide bonds. The molecule has 0 aromatic heterocycles. The molecule has 0 saturated heterocycles. The quantitative estimate of drug-likeness (QED) is 0.371. The maximum atomic E-state index is 12.8. The molecule has 1 aliphatic rings. The van der Waals surface area contributed by atoms with E-state index in [4.69, 9.17) is 9.47 Å². The molecule has 10 heteroatoms. The molecular weight excluding hydrogens is 398 g/mol. The van der Waals surface area contributed by atoms with Gasteiger partial charge in [-0.25, -0.2) is 8.42 Å². The average molecular weight is 413 g/mol. The van der Waals surface area contributed by atoms with Gasteiger partial charge in [0.15, 0.2) is 17.2 Å². The molecule has 0 saturated carbocycles. The first-order valence-electron chi connectivity index (χ1n) is 8.40. The molecule has 0 atom stereocenters. The first kappa shape index (κ1) is 18.6. The Balaban J connectivity index is 1.74. The van der Waals surface area contributed by atoms with E-state index < -0.39 is 20.6 Å². The number of para-hydroxylation sites is 2. The van der Waals surface area contributed by atoms with E-state index in [0.717, 1.165) is 6.07 Å². The fourth-order valence-electron chi connectivity index (χ4n) is 2.87. The van der Waals surface area contributed by atoms with Gasteiger partial charge in [0.1, 0.15) is 5.75 Å². The van der Waals surface area contributed by atoms with Crippen LogP contribution in [-0.4, -0.2) is 20.5 Å². The third-order valence-electron chi connectivity index (χ3n) is 4.27. The summed E-state index contributed by atoms with van der Waals surface area (Å²) in [6.45, 7) is 0. The number of nitro groups is 1. The Morgan fingerprint density at radius 1 is 1.07 bits per heavy atom. The van der Waals surface area contributed by atoms with Crippen LogP contribution in [0.5, 0.6) is 17.2 Å². The fraction of sp³-hybridized carbons (Fsp3) is 0.0526. The van der Waals surface area contributed by atoms with Crippen LogP contribution in [0.15, 0.2) is 65.6 Å². The summed E-state index contributed by atoms with van der Waals surface area (Å²) in [7, 11) is -2.61. The van der Waals surface area contributed by atoms with Crippen molar-refractivity contribution in [3.63, 3.8) is 0 Å². The highest BCUT2D eigenvalue weighted by molar-refractivity contribution is 7.92. The number of fused-ring (bicyclic) bond motifs is 2. The van der Waals surface area contributed by atoms with E-state index in [0.29, 0.717) is 17.2 Å². The molecule has 0 bridgehead atoms. The SMILES string of the molecule is COc1ccc(NS(=O)(=O)c2cc3c(c([N+](=O)[O-])c2)Nc2ccccc2O3)cc1. The van der Waals surface area contributed by atoms with Crippen molar-refractivity contribution in [2.24, 2.45) is 0 Å². The number of hydrogen-bond donors (Lipinski definition) is 2. The lowest BCUT2D eigenvalue weighted by Crippen LogP contribution is -2.14. The Labute approximate surface area is 166 Å². The minimum absolute atomic E-state index is 0.0491. The van der Waals surface area contributed by atoms with Crippen LogP contribution in [0.3, 0.4) is 0 Å². The van der Waals surface area contributed by atoms with E-state index in [1.807, 2.05) is 0 Å². The first-order valence-corrected chi connectivity index (χ1v) is 9.89. The Kier molecular flexibility index (Phi) is 4.47. The molecule has 3 aromatic rings. The molecule has 0 radical (unpaired) electrons. The molecule has 4 rings (SSSR count). The number of nitrogens with one attached hydrogen (secondary N) is 2. The monoisotopic (exact) mass is 413 g/mol. The lowest BCUT2D eigenvalue weighted by molar-refractivity contribution is -0.384. The van der Waals surface area contributed by atoms with Gasteiger partial charge in [0.2, 0.25) is 0 Å². The summed E-state index contributed by atoms with van der Waals surface area (Å²) in [5.74, 6) is 1.05. The predicted octanol–water partition coefficient (Wildman–Crippen LogP) is 4.25. The highest BCUT2D eigenvalue weighted by Gasteiger charge is 2.29. The van der Waals surface area contributed by atoms with E-state index in [1.165, 1.54) is 25.3 Å². The zero-order valence-electron chi connectivity index (χ0n) is 15.1. The number of benzene rings is 3. The molecule has 0 aliphatic carbocycles. The first-order chi connectivity index (χ1) is 13.9. The number of hydrogen-bond acceptors (Lipinski definition) is 7. The maximum absolute atomic E-state index is 12.8. The zero-order valence-corrected chi connectivity index (χ0v) is 15.9. The summed E-state index contributed by atoms with van der Waals surface area (Å²) >= 11 is 0.